The van der Waals surface area contributed by atoms with Crippen molar-refractivity contribution in [1.82, 2.24) is 15.9 Å². The largest absolute Gasteiger partial charge is 0.355 e. The number of nitrogens with one attached hydrogen (secondary N) is 2. The quantitative estimate of drug-likeness (QED) is 0.536. The number of hydrogen-bond acceptors (Lipinski definition) is 3. The van der Waals surface area contributed by atoms with Gasteiger partial charge in [0, 0.05) is 6.04 Å². The van der Waals surface area contributed by atoms with Crippen LogP contribution in [-0.4, -0.2) is 28.4 Å². The fourth-order valence-corrected chi connectivity index (χ4v) is 2.96. The van der Waals surface area contributed by atoms with E-state index in [0.29, 0.717) is 6.04 Å². The third kappa shape index (κ3) is 3.85. The van der Waals surface area contributed by atoms with Crippen LogP contribution in [0.3, 0.4) is 0 Å². The van der Waals surface area contributed by atoms with Gasteiger partial charge in [0.15, 0.2) is 0 Å². The van der Waals surface area contributed by atoms with Gasteiger partial charge in [0.1, 0.15) is 0 Å². The minimum atomic E-state index is -0.410. The monoisotopic (exact) mass is 255 g/mol. The zero-order valence-corrected chi connectivity index (χ0v) is 11.0. The Labute approximate surface area is 109 Å². The van der Waals surface area contributed by atoms with Crippen LogP contribution in [0.5, 0.6) is 0 Å². The number of hydroxylamine groups is 2. The first-order valence-corrected chi connectivity index (χ1v) is 7.31. The summed E-state index contributed by atoms with van der Waals surface area (Å²) in [6.45, 7) is 0. The number of urea groups is 1. The summed E-state index contributed by atoms with van der Waals surface area (Å²) in [5.41, 5.74) is 5.68. The molecule has 5 nitrogen and oxygen atoms in total. The Kier molecular flexibility index (Phi) is 5.26. The third-order valence-corrected chi connectivity index (χ3v) is 4.12. The molecular formula is C13H25N3O2. The molecule has 0 aromatic heterocycles. The summed E-state index contributed by atoms with van der Waals surface area (Å²) in [6, 6.07) is -0.0539. The molecule has 2 amide bonds. The van der Waals surface area contributed by atoms with E-state index in [9.17, 15) is 10.0 Å². The second-order valence-electron chi connectivity index (χ2n) is 5.55. The molecule has 0 saturated heterocycles. The lowest BCUT2D eigenvalue weighted by Crippen LogP contribution is -2.52. The maximum Gasteiger partial charge on any atom is 0.355 e. The summed E-state index contributed by atoms with van der Waals surface area (Å²) in [5, 5.41) is 10.7. The van der Waals surface area contributed by atoms with Gasteiger partial charge in [-0.25, -0.2) is 15.3 Å². The average Bonchev–Trinajstić information content (AvgIpc) is 2.46. The molecule has 0 bridgehead atoms. The molecule has 0 radical (unpaired) electrons. The molecule has 2 fully saturated rings. The number of amides is 2. The molecule has 0 spiro atoms. The SMILES string of the molecule is O=C(NNC1CCCCC1)N(O)C1CCCCC1. The molecule has 0 atom stereocenters. The third-order valence-electron chi connectivity index (χ3n) is 4.12. The van der Waals surface area contributed by atoms with Crippen molar-refractivity contribution in [3.8, 4) is 0 Å². The molecule has 104 valence electrons. The van der Waals surface area contributed by atoms with Gasteiger partial charge in [-0.2, -0.15) is 0 Å². The Balaban J connectivity index is 1.69. The lowest BCUT2D eigenvalue weighted by Gasteiger charge is -2.30. The van der Waals surface area contributed by atoms with Crippen LogP contribution in [0.15, 0.2) is 0 Å². The van der Waals surface area contributed by atoms with Crippen molar-refractivity contribution in [3.63, 3.8) is 0 Å². The molecule has 0 aromatic carbocycles. The van der Waals surface area contributed by atoms with Crippen molar-refractivity contribution in [2.75, 3.05) is 0 Å². The highest BCUT2D eigenvalue weighted by Crippen LogP contribution is 2.21. The molecule has 3 N–H and O–H groups in total. The van der Waals surface area contributed by atoms with E-state index in [1.807, 2.05) is 0 Å². The number of rotatable bonds is 3. The van der Waals surface area contributed by atoms with Gasteiger partial charge in [-0.15, -0.1) is 0 Å². The van der Waals surface area contributed by atoms with E-state index < -0.39 is 6.03 Å². The molecule has 2 aliphatic carbocycles. The Morgan fingerprint density at radius 3 is 2.11 bits per heavy atom. The molecule has 2 rings (SSSR count). The van der Waals surface area contributed by atoms with Crippen LogP contribution in [0.1, 0.15) is 64.2 Å². The van der Waals surface area contributed by atoms with Crippen LogP contribution < -0.4 is 10.9 Å². The zero-order chi connectivity index (χ0) is 12.8. The predicted molar refractivity (Wildman–Crippen MR) is 69.0 cm³/mol. The Morgan fingerprint density at radius 1 is 0.944 bits per heavy atom. The molecular weight excluding hydrogens is 230 g/mol. The van der Waals surface area contributed by atoms with E-state index in [-0.39, 0.29) is 6.04 Å². The second-order valence-corrected chi connectivity index (χ2v) is 5.55. The smallest absolute Gasteiger partial charge is 0.284 e. The molecule has 0 aromatic rings. The lowest BCUT2D eigenvalue weighted by molar-refractivity contribution is -0.0884. The highest BCUT2D eigenvalue weighted by atomic mass is 16.5. The van der Waals surface area contributed by atoms with Gasteiger partial charge in [-0.05, 0) is 25.7 Å². The number of hydrazine groups is 1. The van der Waals surface area contributed by atoms with Crippen LogP contribution in [0.4, 0.5) is 4.79 Å². The fraction of sp³-hybridized carbons (Fsp3) is 0.923. The van der Waals surface area contributed by atoms with Gasteiger partial charge in [0.25, 0.3) is 0 Å². The van der Waals surface area contributed by atoms with Crippen LogP contribution in [0.25, 0.3) is 0 Å². The minimum Gasteiger partial charge on any atom is -0.284 e. The Morgan fingerprint density at radius 2 is 1.50 bits per heavy atom. The van der Waals surface area contributed by atoms with Gasteiger partial charge in [0.2, 0.25) is 0 Å². The molecule has 5 heteroatoms. The average molecular weight is 255 g/mol. The summed E-state index contributed by atoms with van der Waals surface area (Å²) in [5.74, 6) is 0. The van der Waals surface area contributed by atoms with Crippen molar-refractivity contribution in [1.29, 1.82) is 0 Å². The van der Waals surface area contributed by atoms with E-state index in [4.69, 9.17) is 0 Å². The molecule has 0 heterocycles. The van der Waals surface area contributed by atoms with Crippen LogP contribution in [0, 0.1) is 0 Å². The van der Waals surface area contributed by atoms with Gasteiger partial charge < -0.3 is 0 Å². The first-order chi connectivity index (χ1) is 8.77. The van der Waals surface area contributed by atoms with Gasteiger partial charge in [0.05, 0.1) is 6.04 Å². The highest BCUT2D eigenvalue weighted by molar-refractivity contribution is 5.72. The lowest BCUT2D eigenvalue weighted by atomic mass is 9.95. The minimum absolute atomic E-state index is 0.00749. The first kappa shape index (κ1) is 13.6. The molecule has 18 heavy (non-hydrogen) atoms. The number of nitrogens with zero attached hydrogens (tertiary/aromatic N) is 1. The summed E-state index contributed by atoms with van der Waals surface area (Å²) >= 11 is 0. The fourth-order valence-electron chi connectivity index (χ4n) is 2.96. The Bertz CT molecular complexity index is 261. The topological polar surface area (TPSA) is 64.6 Å². The van der Waals surface area contributed by atoms with E-state index in [2.05, 4.69) is 10.9 Å². The van der Waals surface area contributed by atoms with Crippen molar-refractivity contribution in [2.45, 2.75) is 76.3 Å². The summed E-state index contributed by atoms with van der Waals surface area (Å²) in [7, 11) is 0. The van der Waals surface area contributed by atoms with Crippen molar-refractivity contribution < 1.29 is 10.0 Å². The maximum atomic E-state index is 11.8. The van der Waals surface area contributed by atoms with Crippen molar-refractivity contribution >= 4 is 6.03 Å². The van der Waals surface area contributed by atoms with Crippen LogP contribution in [-0.2, 0) is 0 Å². The summed E-state index contributed by atoms with van der Waals surface area (Å²) in [4.78, 5) is 11.8. The van der Waals surface area contributed by atoms with E-state index in [0.717, 1.165) is 43.6 Å². The van der Waals surface area contributed by atoms with Crippen molar-refractivity contribution in [2.24, 2.45) is 0 Å². The standard InChI is InChI=1S/C13H25N3O2/c17-13(15-14-11-7-3-1-4-8-11)16(18)12-9-5-2-6-10-12/h11-12,14,18H,1-10H2,(H,15,17). The first-order valence-electron chi connectivity index (χ1n) is 7.31. The van der Waals surface area contributed by atoms with Gasteiger partial charge in [-0.1, -0.05) is 38.5 Å². The normalized spacial score (nSPS) is 22.7. The van der Waals surface area contributed by atoms with Crippen molar-refractivity contribution in [3.05, 3.63) is 0 Å². The number of carbonyl (C=O) groups excluding carboxylic acids is 1. The van der Waals surface area contributed by atoms with Crippen LogP contribution >= 0.6 is 0 Å². The Hall–Kier alpha value is -0.810. The second kappa shape index (κ2) is 6.95. The number of carbonyl (C=O) groups is 1. The summed E-state index contributed by atoms with van der Waals surface area (Å²) < 4.78 is 0. The van der Waals surface area contributed by atoms with E-state index in [1.54, 1.807) is 0 Å². The summed E-state index contributed by atoms with van der Waals surface area (Å²) in [6.07, 6.45) is 11.2. The number of hydrogen-bond donors (Lipinski definition) is 3. The van der Waals surface area contributed by atoms with Crippen LogP contribution in [0.2, 0.25) is 0 Å². The van der Waals surface area contributed by atoms with Gasteiger partial charge in [-0.3, -0.25) is 10.6 Å². The molecule has 0 aliphatic heterocycles. The van der Waals surface area contributed by atoms with E-state index in [1.165, 1.54) is 25.7 Å². The highest BCUT2D eigenvalue weighted by Gasteiger charge is 2.24. The maximum absolute atomic E-state index is 11.8. The van der Waals surface area contributed by atoms with Gasteiger partial charge >= 0.3 is 6.03 Å². The molecule has 0 unspecified atom stereocenters. The van der Waals surface area contributed by atoms with E-state index >= 15 is 0 Å². The molecule has 2 aliphatic rings. The predicted octanol–water partition coefficient (Wildman–Crippen LogP) is 2.56. The molecule has 2 saturated carbocycles. The zero-order valence-electron chi connectivity index (χ0n) is 11.0.